The molecule has 2 rings (SSSR count). The normalized spacial score (nSPS) is 17.2. The second-order valence-corrected chi connectivity index (χ2v) is 8.39. The van der Waals surface area contributed by atoms with Gasteiger partial charge in [0.05, 0.1) is 9.92 Å². The van der Waals surface area contributed by atoms with E-state index in [0.717, 1.165) is 24.3 Å². The fraction of sp³-hybridized carbons (Fsp3) is 0.571. The lowest BCUT2D eigenvalue weighted by atomic mass is 9.98. The zero-order valence-electron chi connectivity index (χ0n) is 12.7. The van der Waals surface area contributed by atoms with Gasteiger partial charge in [-0.1, -0.05) is 11.6 Å². The van der Waals surface area contributed by atoms with Crippen LogP contribution in [0.15, 0.2) is 28.0 Å². The predicted molar refractivity (Wildman–Crippen MR) is 95.9 cm³/mol. The Morgan fingerprint density at radius 1 is 1.36 bits per heavy atom. The number of hydrogen-bond donors (Lipinski definition) is 1. The van der Waals surface area contributed by atoms with Gasteiger partial charge in [0.15, 0.2) is 0 Å². The van der Waals surface area contributed by atoms with Gasteiger partial charge in [-0.2, -0.15) is 4.31 Å². The third-order valence-corrected chi connectivity index (χ3v) is 6.94. The summed E-state index contributed by atoms with van der Waals surface area (Å²) >= 11 is 7.64. The Morgan fingerprint density at radius 3 is 2.50 bits per heavy atom. The summed E-state index contributed by atoms with van der Waals surface area (Å²) in [6, 6.07) is 4.97. The van der Waals surface area contributed by atoms with Crippen molar-refractivity contribution in [2.45, 2.75) is 22.6 Å². The number of rotatable bonds is 5. The molecule has 0 amide bonds. The van der Waals surface area contributed by atoms with Crippen LogP contribution in [-0.4, -0.2) is 45.7 Å². The lowest BCUT2D eigenvalue weighted by Gasteiger charge is -2.31. The van der Waals surface area contributed by atoms with Gasteiger partial charge in [0, 0.05) is 18.0 Å². The molecule has 0 radical (unpaired) electrons. The van der Waals surface area contributed by atoms with Gasteiger partial charge >= 0.3 is 0 Å². The van der Waals surface area contributed by atoms with Crippen LogP contribution < -0.4 is 5.32 Å². The van der Waals surface area contributed by atoms with Crippen LogP contribution in [0.4, 0.5) is 0 Å². The number of benzene rings is 1. The van der Waals surface area contributed by atoms with Crippen LogP contribution in [0.2, 0.25) is 5.02 Å². The number of nitrogens with zero attached hydrogens (tertiary/aromatic N) is 1. The van der Waals surface area contributed by atoms with Crippen LogP contribution in [0.25, 0.3) is 0 Å². The number of hydrogen-bond acceptors (Lipinski definition) is 4. The molecule has 0 aromatic heterocycles. The smallest absolute Gasteiger partial charge is 0.243 e. The van der Waals surface area contributed by atoms with E-state index in [0.29, 0.717) is 24.0 Å². The first-order valence-corrected chi connectivity index (χ1v) is 10.0. The summed E-state index contributed by atoms with van der Waals surface area (Å²) in [6.45, 7) is 2.11. The van der Waals surface area contributed by atoms with Crippen LogP contribution in [0, 0.1) is 5.92 Å². The Kier molecular flexibility index (Phi) is 7.99. The minimum Gasteiger partial charge on any atom is -0.319 e. The molecule has 22 heavy (non-hydrogen) atoms. The summed E-state index contributed by atoms with van der Waals surface area (Å²) in [7, 11) is -1.50. The Labute approximate surface area is 148 Å². The number of piperidine rings is 1. The van der Waals surface area contributed by atoms with Crippen LogP contribution in [-0.2, 0) is 10.0 Å². The first-order chi connectivity index (χ1) is 9.98. The van der Waals surface area contributed by atoms with Gasteiger partial charge in [0.1, 0.15) is 0 Å². The molecular weight excluding hydrogens is 363 g/mol. The van der Waals surface area contributed by atoms with E-state index < -0.39 is 10.0 Å². The third-order valence-electron chi connectivity index (χ3n) is 3.83. The highest BCUT2D eigenvalue weighted by molar-refractivity contribution is 7.98. The highest BCUT2D eigenvalue weighted by atomic mass is 35.5. The molecule has 1 fully saturated rings. The highest BCUT2D eigenvalue weighted by Crippen LogP contribution is 2.30. The van der Waals surface area contributed by atoms with Crippen molar-refractivity contribution in [1.82, 2.24) is 9.62 Å². The second-order valence-electron chi connectivity index (χ2n) is 5.20. The number of sulfonamides is 1. The van der Waals surface area contributed by atoms with Crippen molar-refractivity contribution in [1.29, 1.82) is 0 Å². The van der Waals surface area contributed by atoms with Crippen molar-refractivity contribution in [2.24, 2.45) is 5.92 Å². The Bertz CT molecular complexity index is 589. The molecule has 0 saturated carbocycles. The van der Waals surface area contributed by atoms with E-state index >= 15 is 0 Å². The zero-order chi connectivity index (χ0) is 15.5. The van der Waals surface area contributed by atoms with E-state index in [-0.39, 0.29) is 17.3 Å². The summed E-state index contributed by atoms with van der Waals surface area (Å²) in [4.78, 5) is 1.18. The van der Waals surface area contributed by atoms with E-state index in [1.807, 2.05) is 13.3 Å². The van der Waals surface area contributed by atoms with Crippen molar-refractivity contribution < 1.29 is 8.42 Å². The largest absolute Gasteiger partial charge is 0.319 e. The molecule has 1 N–H and O–H groups in total. The number of halogens is 2. The molecule has 0 atom stereocenters. The topological polar surface area (TPSA) is 49.4 Å². The lowest BCUT2D eigenvalue weighted by Crippen LogP contribution is -2.40. The fourth-order valence-electron chi connectivity index (χ4n) is 2.60. The summed E-state index contributed by atoms with van der Waals surface area (Å²) in [5.41, 5.74) is 0. The first-order valence-electron chi connectivity index (χ1n) is 6.97. The standard InChI is InChI=1S/C14H21ClN2O2S2.ClH/c1-16-10-11-5-7-17(8-6-11)21(18,19)12-3-4-14(20-2)13(15)9-12;/h3-4,9,11,16H,5-8,10H2,1-2H3;1H. The third kappa shape index (κ3) is 4.52. The van der Waals surface area contributed by atoms with Gasteiger partial charge in [0.2, 0.25) is 10.0 Å². The fourth-order valence-corrected chi connectivity index (χ4v) is 5.03. The monoisotopic (exact) mass is 384 g/mol. The van der Waals surface area contributed by atoms with Crippen LogP contribution in [0.1, 0.15) is 12.8 Å². The molecule has 0 spiro atoms. The van der Waals surface area contributed by atoms with Gasteiger partial charge in [-0.05, 0) is 56.8 Å². The maximum absolute atomic E-state index is 12.6. The molecule has 8 heteroatoms. The molecule has 1 aliphatic rings. The lowest BCUT2D eigenvalue weighted by molar-refractivity contribution is 0.270. The molecule has 126 valence electrons. The Hall–Kier alpha value is 0.0200. The molecule has 1 aromatic rings. The van der Waals surface area contributed by atoms with Crippen molar-refractivity contribution in [2.75, 3.05) is 32.9 Å². The molecule has 1 heterocycles. The predicted octanol–water partition coefficient (Wildman–Crippen LogP) is 3.10. The van der Waals surface area contributed by atoms with Crippen LogP contribution in [0.3, 0.4) is 0 Å². The molecule has 1 aliphatic heterocycles. The molecule has 1 saturated heterocycles. The Balaban J connectivity index is 0.00000242. The van der Waals surface area contributed by atoms with Gasteiger partial charge < -0.3 is 5.32 Å². The van der Waals surface area contributed by atoms with Gasteiger partial charge in [-0.15, -0.1) is 24.2 Å². The van der Waals surface area contributed by atoms with E-state index in [4.69, 9.17) is 11.6 Å². The van der Waals surface area contributed by atoms with E-state index in [1.54, 1.807) is 22.5 Å². The summed E-state index contributed by atoms with van der Waals surface area (Å²) in [6.07, 6.45) is 3.72. The summed E-state index contributed by atoms with van der Waals surface area (Å²) in [5.74, 6) is 0.559. The van der Waals surface area contributed by atoms with Crippen LogP contribution in [0.5, 0.6) is 0 Å². The van der Waals surface area contributed by atoms with Crippen molar-refractivity contribution in [3.05, 3.63) is 23.2 Å². The van der Waals surface area contributed by atoms with Gasteiger partial charge in [-0.3, -0.25) is 0 Å². The molecular formula is C14H22Cl2N2O2S2. The SMILES string of the molecule is CNCC1CCN(S(=O)(=O)c2ccc(SC)c(Cl)c2)CC1.Cl. The molecule has 0 unspecified atom stereocenters. The van der Waals surface area contributed by atoms with Gasteiger partial charge in [0.25, 0.3) is 0 Å². The quantitative estimate of drug-likeness (QED) is 0.792. The zero-order valence-corrected chi connectivity index (χ0v) is 15.9. The summed E-state index contributed by atoms with van der Waals surface area (Å²) < 4.78 is 26.9. The van der Waals surface area contributed by atoms with Crippen LogP contribution >= 0.6 is 35.8 Å². The van der Waals surface area contributed by atoms with E-state index in [9.17, 15) is 8.42 Å². The average molecular weight is 385 g/mol. The minimum absolute atomic E-state index is 0. The second kappa shape index (κ2) is 8.76. The molecule has 1 aromatic carbocycles. The van der Waals surface area contributed by atoms with Crippen molar-refractivity contribution in [3.63, 3.8) is 0 Å². The number of nitrogens with one attached hydrogen (secondary N) is 1. The molecule has 4 nitrogen and oxygen atoms in total. The van der Waals surface area contributed by atoms with Gasteiger partial charge in [-0.25, -0.2) is 8.42 Å². The average Bonchev–Trinajstić information content (AvgIpc) is 2.48. The first kappa shape index (κ1) is 20.1. The molecule has 0 aliphatic carbocycles. The minimum atomic E-state index is -3.43. The maximum Gasteiger partial charge on any atom is 0.243 e. The van der Waals surface area contributed by atoms with Crippen molar-refractivity contribution in [3.8, 4) is 0 Å². The number of thioether (sulfide) groups is 1. The summed E-state index contributed by atoms with van der Waals surface area (Å²) in [5, 5.41) is 3.65. The maximum atomic E-state index is 12.6. The Morgan fingerprint density at radius 2 is 2.00 bits per heavy atom. The van der Waals surface area contributed by atoms with E-state index in [1.165, 1.54) is 11.8 Å². The van der Waals surface area contributed by atoms with E-state index in [2.05, 4.69) is 5.32 Å². The van der Waals surface area contributed by atoms with Crippen molar-refractivity contribution >= 4 is 45.8 Å². The molecule has 0 bridgehead atoms. The highest BCUT2D eigenvalue weighted by Gasteiger charge is 2.29.